The van der Waals surface area contributed by atoms with Crippen LogP contribution < -0.4 is 15.8 Å². The number of carbonyl (C=O) groups is 2. The van der Waals surface area contributed by atoms with Gasteiger partial charge in [0.2, 0.25) is 11.6 Å². The van der Waals surface area contributed by atoms with E-state index in [1.165, 1.54) is 12.1 Å². The molecular formula is C19H21ClN6O5. The van der Waals surface area contributed by atoms with Gasteiger partial charge in [-0.05, 0) is 44.0 Å². The Kier molecular flexibility index (Phi) is 7.19. The van der Waals surface area contributed by atoms with Gasteiger partial charge in [-0.15, -0.1) is 0 Å². The Hall–Kier alpha value is -3.47. The van der Waals surface area contributed by atoms with Gasteiger partial charge in [0.25, 0.3) is 5.91 Å². The van der Waals surface area contributed by atoms with Crippen molar-refractivity contribution < 1.29 is 19.2 Å². The highest BCUT2D eigenvalue weighted by Crippen LogP contribution is 2.34. The number of hydrogen-bond donors (Lipinski definition) is 2. The zero-order valence-electron chi connectivity index (χ0n) is 16.7. The number of ether oxygens (including phenoxy) is 1. The average molecular weight is 449 g/mol. The number of aromatic nitrogens is 2. The number of benzene rings is 1. The molecule has 0 spiro atoms. The molecule has 0 bridgehead atoms. The molecule has 12 heteroatoms. The first kappa shape index (κ1) is 22.2. The number of nitrogens with one attached hydrogen (secondary N) is 2. The summed E-state index contributed by atoms with van der Waals surface area (Å²) in [4.78, 5) is 45.2. The van der Waals surface area contributed by atoms with Gasteiger partial charge in [0.15, 0.2) is 0 Å². The molecule has 31 heavy (non-hydrogen) atoms. The summed E-state index contributed by atoms with van der Waals surface area (Å²) in [5.74, 6) is -1.36. The van der Waals surface area contributed by atoms with E-state index >= 15 is 0 Å². The monoisotopic (exact) mass is 448 g/mol. The molecule has 1 amide bonds. The normalized spacial score (nSPS) is 15.8. The maximum Gasteiger partial charge on any atom is 0.355 e. The predicted octanol–water partition coefficient (Wildman–Crippen LogP) is 2.57. The fraction of sp³-hybridized carbons (Fsp3) is 0.368. The van der Waals surface area contributed by atoms with Gasteiger partial charge in [0.05, 0.1) is 17.4 Å². The van der Waals surface area contributed by atoms with Gasteiger partial charge in [0.1, 0.15) is 6.33 Å². The maximum atomic E-state index is 12.3. The van der Waals surface area contributed by atoms with E-state index in [1.54, 1.807) is 24.0 Å². The number of hydrogen-bond acceptors (Lipinski definition) is 9. The molecule has 1 aliphatic heterocycles. The highest BCUT2D eigenvalue weighted by atomic mass is 35.5. The Bertz CT molecular complexity index is 971. The number of rotatable bonds is 7. The molecule has 164 valence electrons. The fourth-order valence-corrected chi connectivity index (χ4v) is 3.40. The quantitative estimate of drug-likeness (QED) is 0.371. The molecule has 0 saturated carbocycles. The summed E-state index contributed by atoms with van der Waals surface area (Å²) in [6.45, 7) is 2.73. The highest BCUT2D eigenvalue weighted by molar-refractivity contribution is 6.30. The van der Waals surface area contributed by atoms with E-state index in [1.807, 2.05) is 0 Å². The molecule has 1 saturated heterocycles. The molecule has 3 rings (SSSR count). The summed E-state index contributed by atoms with van der Waals surface area (Å²) in [7, 11) is 0. The molecule has 11 nitrogen and oxygen atoms in total. The van der Waals surface area contributed by atoms with Crippen molar-refractivity contribution in [2.45, 2.75) is 19.8 Å². The lowest BCUT2D eigenvalue weighted by Crippen LogP contribution is -2.40. The van der Waals surface area contributed by atoms with Gasteiger partial charge >= 0.3 is 11.7 Å². The van der Waals surface area contributed by atoms with Crippen molar-refractivity contribution in [1.29, 1.82) is 0 Å². The molecule has 1 atom stereocenters. The smallest absolute Gasteiger partial charge is 0.355 e. The second-order valence-corrected chi connectivity index (χ2v) is 7.21. The molecule has 1 aromatic heterocycles. The molecule has 1 unspecified atom stereocenters. The van der Waals surface area contributed by atoms with Crippen LogP contribution in [0.5, 0.6) is 0 Å². The van der Waals surface area contributed by atoms with E-state index < -0.39 is 22.4 Å². The van der Waals surface area contributed by atoms with Crippen molar-refractivity contribution in [3.05, 3.63) is 51.3 Å². The first-order valence-corrected chi connectivity index (χ1v) is 10.0. The van der Waals surface area contributed by atoms with Crippen LogP contribution in [0, 0.1) is 16.0 Å². The standard InChI is InChI=1S/C19H21ClN6O5/c1-2-31-19(28)13-4-3-9-25(10-13)17-15(26(29)30)16(21-11-22-17)23-24-18(27)12-5-7-14(20)8-6-12/h5-8,11,13H,2-4,9-10H2,1H3,(H,24,27)(H,21,22,23). The van der Waals surface area contributed by atoms with Gasteiger partial charge in [-0.2, -0.15) is 0 Å². The lowest BCUT2D eigenvalue weighted by atomic mass is 9.98. The van der Waals surface area contributed by atoms with Gasteiger partial charge in [-0.3, -0.25) is 30.6 Å². The summed E-state index contributed by atoms with van der Waals surface area (Å²) in [6, 6.07) is 6.14. The van der Waals surface area contributed by atoms with Crippen LogP contribution in [0.4, 0.5) is 17.3 Å². The van der Waals surface area contributed by atoms with Crippen LogP contribution in [0.25, 0.3) is 0 Å². The molecule has 0 aliphatic carbocycles. The van der Waals surface area contributed by atoms with Crippen molar-refractivity contribution in [2.24, 2.45) is 5.92 Å². The number of piperidine rings is 1. The minimum atomic E-state index is -0.625. The first-order chi connectivity index (χ1) is 14.9. The van der Waals surface area contributed by atoms with Crippen LogP contribution in [0.1, 0.15) is 30.1 Å². The lowest BCUT2D eigenvalue weighted by Gasteiger charge is -2.32. The van der Waals surface area contributed by atoms with Crippen LogP contribution >= 0.6 is 11.6 Å². The van der Waals surface area contributed by atoms with Crippen LogP contribution in [-0.4, -0.2) is 46.5 Å². The van der Waals surface area contributed by atoms with Crippen molar-refractivity contribution >= 4 is 40.8 Å². The Morgan fingerprint density at radius 2 is 2.06 bits per heavy atom. The van der Waals surface area contributed by atoms with E-state index in [4.69, 9.17) is 16.3 Å². The van der Waals surface area contributed by atoms with Crippen molar-refractivity contribution in [2.75, 3.05) is 30.0 Å². The molecule has 0 radical (unpaired) electrons. The van der Waals surface area contributed by atoms with Gasteiger partial charge in [-0.1, -0.05) is 11.6 Å². The zero-order valence-corrected chi connectivity index (χ0v) is 17.5. The van der Waals surface area contributed by atoms with Crippen molar-refractivity contribution in [1.82, 2.24) is 15.4 Å². The number of nitro groups is 1. The third-order valence-corrected chi connectivity index (χ3v) is 4.98. The second kappa shape index (κ2) is 10.0. The van der Waals surface area contributed by atoms with Crippen molar-refractivity contribution in [3.8, 4) is 0 Å². The number of hydrazine groups is 1. The topological polar surface area (TPSA) is 140 Å². The number of carbonyl (C=O) groups excluding carboxylic acids is 2. The highest BCUT2D eigenvalue weighted by Gasteiger charge is 2.33. The molecule has 1 aliphatic rings. The number of amides is 1. The van der Waals surface area contributed by atoms with Crippen molar-refractivity contribution in [3.63, 3.8) is 0 Å². The number of esters is 1. The Balaban J connectivity index is 1.79. The summed E-state index contributed by atoms with van der Waals surface area (Å²) in [5.41, 5.74) is 4.79. The largest absolute Gasteiger partial charge is 0.466 e. The molecular weight excluding hydrogens is 428 g/mol. The van der Waals surface area contributed by atoms with Crippen LogP contribution in [-0.2, 0) is 9.53 Å². The summed E-state index contributed by atoms with van der Waals surface area (Å²) in [6.07, 6.45) is 2.45. The van der Waals surface area contributed by atoms with Gasteiger partial charge in [-0.25, -0.2) is 9.97 Å². The summed E-state index contributed by atoms with van der Waals surface area (Å²) in [5, 5.41) is 12.3. The maximum absolute atomic E-state index is 12.3. The molecule has 1 aromatic carbocycles. The zero-order chi connectivity index (χ0) is 22.4. The number of nitrogens with zero attached hydrogens (tertiary/aromatic N) is 4. The third-order valence-electron chi connectivity index (χ3n) is 4.73. The van der Waals surface area contributed by atoms with E-state index in [0.29, 0.717) is 30.0 Å². The van der Waals surface area contributed by atoms with Gasteiger partial charge < -0.3 is 9.64 Å². The van der Waals surface area contributed by atoms with Gasteiger partial charge in [0, 0.05) is 23.7 Å². The summed E-state index contributed by atoms with van der Waals surface area (Å²) < 4.78 is 5.08. The number of halogens is 1. The molecule has 2 N–H and O–H groups in total. The first-order valence-electron chi connectivity index (χ1n) is 9.63. The Labute approximate surface area is 182 Å². The van der Waals surface area contributed by atoms with E-state index in [0.717, 1.165) is 6.33 Å². The summed E-state index contributed by atoms with van der Waals surface area (Å²) >= 11 is 5.81. The molecule has 2 heterocycles. The van der Waals surface area contributed by atoms with Crippen LogP contribution in [0.2, 0.25) is 5.02 Å². The minimum absolute atomic E-state index is 0.0669. The second-order valence-electron chi connectivity index (χ2n) is 6.77. The fourth-order valence-electron chi connectivity index (χ4n) is 3.27. The third kappa shape index (κ3) is 5.37. The lowest BCUT2D eigenvalue weighted by molar-refractivity contribution is -0.383. The predicted molar refractivity (Wildman–Crippen MR) is 113 cm³/mol. The van der Waals surface area contributed by atoms with Crippen LogP contribution in [0.3, 0.4) is 0 Å². The van der Waals surface area contributed by atoms with E-state index in [2.05, 4.69) is 20.8 Å². The minimum Gasteiger partial charge on any atom is -0.466 e. The van der Waals surface area contributed by atoms with E-state index in [-0.39, 0.29) is 30.8 Å². The average Bonchev–Trinajstić information content (AvgIpc) is 2.77. The molecule has 2 aromatic rings. The van der Waals surface area contributed by atoms with E-state index in [9.17, 15) is 19.7 Å². The SMILES string of the molecule is CCOC(=O)C1CCCN(c2ncnc(NNC(=O)c3ccc(Cl)cc3)c2[N+](=O)[O-])C1. The Morgan fingerprint density at radius 3 is 2.74 bits per heavy atom. The number of anilines is 2. The molecule has 1 fully saturated rings. The Morgan fingerprint density at radius 1 is 1.32 bits per heavy atom. The van der Waals surface area contributed by atoms with Crippen LogP contribution in [0.15, 0.2) is 30.6 Å².